The molecule has 1 aliphatic heterocycles. The highest BCUT2D eigenvalue weighted by atomic mass is 19.1. The van der Waals surface area contributed by atoms with Crippen LogP contribution in [0.25, 0.3) is 0 Å². The minimum atomic E-state index is -0.820. The lowest BCUT2D eigenvalue weighted by Gasteiger charge is -2.47. The quantitative estimate of drug-likeness (QED) is 0.0541. The predicted molar refractivity (Wildman–Crippen MR) is 249 cm³/mol. The van der Waals surface area contributed by atoms with Crippen molar-refractivity contribution in [1.29, 1.82) is 0 Å². The topological polar surface area (TPSA) is 172 Å². The minimum absolute atomic E-state index is 0.156. The van der Waals surface area contributed by atoms with E-state index < -0.39 is 43.3 Å². The summed E-state index contributed by atoms with van der Waals surface area (Å²) in [5.41, 5.74) is 2.23. The Hall–Kier alpha value is -5.72. The summed E-state index contributed by atoms with van der Waals surface area (Å²) in [6.45, 7) is 1.78. The van der Waals surface area contributed by atoms with Crippen molar-refractivity contribution in [1.82, 2.24) is 34.8 Å². The van der Waals surface area contributed by atoms with Crippen LogP contribution in [0.4, 0.5) is 17.6 Å². The number of aliphatic hydroxyl groups is 2. The highest BCUT2D eigenvalue weighted by molar-refractivity contribution is 5.33. The van der Waals surface area contributed by atoms with Gasteiger partial charge in [0.2, 0.25) is 0 Å². The average molecular weight is 944 g/mol. The van der Waals surface area contributed by atoms with Gasteiger partial charge in [-0.3, -0.25) is 9.13 Å². The molecule has 4 atom stereocenters. The van der Waals surface area contributed by atoms with Crippen molar-refractivity contribution in [3.63, 3.8) is 0 Å². The van der Waals surface area contributed by atoms with Crippen molar-refractivity contribution in [3.8, 4) is 0 Å². The van der Waals surface area contributed by atoms with Gasteiger partial charge in [0, 0.05) is 12.0 Å². The van der Waals surface area contributed by atoms with E-state index in [0.717, 1.165) is 22.3 Å². The monoisotopic (exact) mass is 943 g/mol. The number of benzene rings is 4. The number of alkyl halides is 4. The Bertz CT molecular complexity index is 2410. The molecule has 2 fully saturated rings. The average Bonchev–Trinajstić information content (AvgIpc) is 4.05. The Morgan fingerprint density at radius 3 is 1.41 bits per heavy atom. The molecule has 13 nitrogen and oxygen atoms in total. The molecule has 0 unspecified atom stereocenters. The zero-order valence-electron chi connectivity index (χ0n) is 38.5. The molecule has 1 saturated heterocycles. The van der Waals surface area contributed by atoms with Crippen molar-refractivity contribution < 1.29 is 37.2 Å². The summed E-state index contributed by atoms with van der Waals surface area (Å²) in [5.74, 6) is 0. The summed E-state index contributed by atoms with van der Waals surface area (Å²) in [6, 6.07) is 29.9. The first kappa shape index (κ1) is 50.2. The molecule has 1 aliphatic carbocycles. The fraction of sp³-hybridized carbons (Fsp3) is 0.451. The van der Waals surface area contributed by atoms with Crippen molar-refractivity contribution >= 4 is 0 Å². The molecule has 0 bridgehead atoms. The number of halogens is 4. The number of nitrogens with zero attached hydrogens (tertiary/aromatic N) is 4. The van der Waals surface area contributed by atoms with Crippen LogP contribution in [-0.2, 0) is 58.2 Å². The van der Waals surface area contributed by atoms with Crippen molar-refractivity contribution in [2.75, 3.05) is 33.0 Å². The third-order valence-corrected chi connectivity index (χ3v) is 14.2. The summed E-state index contributed by atoms with van der Waals surface area (Å²) in [6.07, 6.45) is 5.79. The normalized spacial score (nSPS) is 23.6. The Morgan fingerprint density at radius 2 is 1.01 bits per heavy atom. The van der Waals surface area contributed by atoms with Crippen LogP contribution in [0.5, 0.6) is 0 Å². The van der Waals surface area contributed by atoms with Crippen LogP contribution < -0.4 is 16.7 Å². The molecular formula is C51H61F4N7O6. The molecule has 68 heavy (non-hydrogen) atoms. The SMILES string of the molecule is C[C@@H](OCC1(c2ccccc2)CCC(CO)(n2cn[nH]c2=O)CC1)c1cc(CF)cc(CF)c1.C[C@@H](OC[C@@]1(c2ccccc2)CC[C@](CO)(n2cn[nH]c2=O)CN1)c1cc(CF)cc(CF)c1. The van der Waals surface area contributed by atoms with Crippen LogP contribution in [-0.4, -0.2) is 72.7 Å². The lowest BCUT2D eigenvalue weighted by molar-refractivity contribution is -0.0196. The first-order chi connectivity index (χ1) is 32.9. The van der Waals surface area contributed by atoms with E-state index in [4.69, 9.17) is 9.47 Å². The van der Waals surface area contributed by atoms with Gasteiger partial charge >= 0.3 is 11.4 Å². The highest BCUT2D eigenvalue weighted by Crippen LogP contribution is 2.47. The largest absolute Gasteiger partial charge is 0.394 e. The maximum atomic E-state index is 13.3. The summed E-state index contributed by atoms with van der Waals surface area (Å²) in [4.78, 5) is 24.5. The van der Waals surface area contributed by atoms with Crippen molar-refractivity contribution in [2.45, 2.75) is 113 Å². The lowest BCUT2D eigenvalue weighted by atomic mass is 9.64. The smallest absolute Gasteiger partial charge is 0.343 e. The molecular weight excluding hydrogens is 883 g/mol. The van der Waals surface area contributed by atoms with Gasteiger partial charge in [-0.25, -0.2) is 37.3 Å². The van der Waals surface area contributed by atoms with Crippen molar-refractivity contribution in [3.05, 3.63) is 175 Å². The Kier molecular flexibility index (Phi) is 16.3. The van der Waals surface area contributed by atoms with Gasteiger partial charge in [0.15, 0.2) is 0 Å². The van der Waals surface area contributed by atoms with E-state index in [-0.39, 0.29) is 42.2 Å². The second kappa shape index (κ2) is 22.1. The van der Waals surface area contributed by atoms with Gasteiger partial charge in [0.05, 0.1) is 55.3 Å². The number of aliphatic hydroxyl groups excluding tert-OH is 2. The number of rotatable bonds is 18. The third-order valence-electron chi connectivity index (χ3n) is 14.2. The Morgan fingerprint density at radius 1 is 0.588 bits per heavy atom. The maximum Gasteiger partial charge on any atom is 0.343 e. The van der Waals surface area contributed by atoms with Gasteiger partial charge in [-0.05, 0) is 96.9 Å². The van der Waals surface area contributed by atoms with E-state index in [9.17, 15) is 37.4 Å². The van der Waals surface area contributed by atoms with E-state index in [1.54, 1.807) is 24.3 Å². The Labute approximate surface area is 392 Å². The predicted octanol–water partition coefficient (Wildman–Crippen LogP) is 7.74. The zero-order chi connectivity index (χ0) is 48.4. The van der Waals surface area contributed by atoms with Crippen LogP contribution in [0, 0.1) is 0 Å². The standard InChI is InChI=1S/C26H31F2N3O3.C25H30F2N4O3/c1-19(22-12-20(14-27)11-21(13-22)15-28)34-17-25(23-5-3-2-4-6-23)7-9-26(16-32,10-8-25)31-18-29-30-24(31)33;1-18(21-10-19(12-26)9-20(11-21)13-27)34-16-25(22-5-3-2-4-6-22)8-7-24(15-32,14-28-25)31-17-29-30-23(31)33/h2-6,11-13,18-19,32H,7-10,14-17H2,1H3,(H,30,33);2-6,9-11,17-18,28,32H,7-8,12-16H2,1H3,(H,30,33)/t19-,25?,26?;18-,24+,25-/m11/s1. The van der Waals surface area contributed by atoms with E-state index >= 15 is 0 Å². The van der Waals surface area contributed by atoms with Gasteiger partial charge in [0.25, 0.3) is 0 Å². The molecule has 3 heterocycles. The summed E-state index contributed by atoms with van der Waals surface area (Å²) in [7, 11) is 0. The number of H-pyrrole nitrogens is 2. The number of hydrogen-bond donors (Lipinski definition) is 5. The number of hydrogen-bond acceptors (Lipinski definition) is 9. The number of ether oxygens (including phenoxy) is 2. The summed E-state index contributed by atoms with van der Waals surface area (Å²) < 4.78 is 68.7. The van der Waals surface area contributed by atoms with E-state index in [2.05, 4.69) is 37.8 Å². The molecule has 0 amide bonds. The van der Waals surface area contributed by atoms with Gasteiger partial charge in [-0.1, -0.05) is 97.1 Å². The second-order valence-electron chi connectivity index (χ2n) is 18.4. The highest BCUT2D eigenvalue weighted by Gasteiger charge is 2.47. The molecule has 4 aromatic carbocycles. The molecule has 2 aliphatic rings. The molecule has 0 spiro atoms. The van der Waals surface area contributed by atoms with E-state index in [0.29, 0.717) is 80.5 Å². The number of nitrogens with one attached hydrogen (secondary N) is 3. The first-order valence-corrected chi connectivity index (χ1v) is 23.0. The number of piperidine rings is 1. The molecule has 364 valence electrons. The molecule has 2 aromatic heterocycles. The third kappa shape index (κ3) is 10.8. The summed E-state index contributed by atoms with van der Waals surface area (Å²) >= 11 is 0. The zero-order valence-corrected chi connectivity index (χ0v) is 38.5. The van der Waals surface area contributed by atoms with Crippen LogP contribution in [0.3, 0.4) is 0 Å². The van der Waals surface area contributed by atoms with Crippen LogP contribution in [0.15, 0.2) is 119 Å². The number of aromatic amines is 2. The van der Waals surface area contributed by atoms with Gasteiger partial charge in [-0.15, -0.1) is 0 Å². The fourth-order valence-electron chi connectivity index (χ4n) is 9.84. The molecule has 5 N–H and O–H groups in total. The minimum Gasteiger partial charge on any atom is -0.394 e. The fourth-order valence-corrected chi connectivity index (χ4v) is 9.84. The molecule has 8 rings (SSSR count). The number of aromatic nitrogens is 6. The van der Waals surface area contributed by atoms with Crippen molar-refractivity contribution in [2.24, 2.45) is 0 Å². The van der Waals surface area contributed by atoms with Gasteiger partial charge in [0.1, 0.15) is 39.4 Å². The van der Waals surface area contributed by atoms with Gasteiger partial charge in [-0.2, -0.15) is 10.2 Å². The molecule has 0 radical (unpaired) electrons. The Balaban J connectivity index is 0.000000201. The van der Waals surface area contributed by atoms with E-state index in [1.807, 2.05) is 62.4 Å². The lowest BCUT2D eigenvalue weighted by Crippen LogP contribution is -2.61. The molecule has 17 heteroatoms. The van der Waals surface area contributed by atoms with Crippen LogP contribution in [0.1, 0.15) is 109 Å². The first-order valence-electron chi connectivity index (χ1n) is 23.0. The van der Waals surface area contributed by atoms with E-state index in [1.165, 1.54) is 33.9 Å². The summed E-state index contributed by atoms with van der Waals surface area (Å²) in [5, 5.41) is 36.5. The second-order valence-corrected chi connectivity index (χ2v) is 18.4. The molecule has 1 saturated carbocycles. The van der Waals surface area contributed by atoms with Crippen LogP contribution >= 0.6 is 0 Å². The van der Waals surface area contributed by atoms with Gasteiger partial charge < -0.3 is 25.0 Å². The maximum absolute atomic E-state index is 13.3. The van der Waals surface area contributed by atoms with Crippen LogP contribution in [0.2, 0.25) is 0 Å². The molecule has 6 aromatic rings.